The number of nitrogens with one attached hydrogen (secondary N) is 1. The minimum absolute atomic E-state index is 0.103. The van der Waals surface area contributed by atoms with Crippen LogP contribution < -0.4 is 10.2 Å². The number of carbonyl (C=O) groups is 4. The van der Waals surface area contributed by atoms with E-state index in [2.05, 4.69) is 5.43 Å². The molecule has 0 unspecified atom stereocenters. The number of carbonyl (C=O) groups excluding carboxylic acids is 4. The number of imide groups is 2. The van der Waals surface area contributed by atoms with E-state index in [1.165, 1.54) is 12.0 Å². The van der Waals surface area contributed by atoms with Gasteiger partial charge in [0.2, 0.25) is 11.8 Å². The van der Waals surface area contributed by atoms with Crippen molar-refractivity contribution in [3.8, 4) is 11.5 Å². The average molecular weight is 668 g/mol. The molecule has 9 nitrogen and oxygen atoms in total. The van der Waals surface area contributed by atoms with Gasteiger partial charge in [0.1, 0.15) is 0 Å². The van der Waals surface area contributed by atoms with Crippen LogP contribution in [0.1, 0.15) is 41.0 Å². The van der Waals surface area contributed by atoms with Gasteiger partial charge in [0, 0.05) is 5.92 Å². The summed E-state index contributed by atoms with van der Waals surface area (Å²) in [5.74, 6) is -4.47. The van der Waals surface area contributed by atoms with Crippen molar-refractivity contribution in [2.24, 2.45) is 23.7 Å². The topological polar surface area (TPSA) is 116 Å². The molecule has 2 heterocycles. The van der Waals surface area contributed by atoms with Gasteiger partial charge in [-0.05, 0) is 66.6 Å². The van der Waals surface area contributed by atoms with Crippen molar-refractivity contribution in [1.29, 1.82) is 0 Å². The Kier molecular flexibility index (Phi) is 7.58. The van der Waals surface area contributed by atoms with E-state index in [1.54, 1.807) is 12.1 Å². The second kappa shape index (κ2) is 12.0. The molecule has 4 amide bonds. The molecule has 6 atom stereocenters. The number of fused-ring (bicyclic) bond motifs is 4. The molecule has 0 radical (unpaired) electrons. The van der Waals surface area contributed by atoms with Crippen LogP contribution in [0.2, 0.25) is 0 Å². The number of anilines is 1. The number of aromatic hydroxyl groups is 1. The number of ether oxygens (including phenoxy) is 1. The van der Waals surface area contributed by atoms with E-state index in [1.807, 2.05) is 104 Å². The molecule has 4 aromatic carbocycles. The van der Waals surface area contributed by atoms with Gasteiger partial charge in [-0.3, -0.25) is 29.5 Å². The van der Waals surface area contributed by atoms with Crippen LogP contribution in [0.5, 0.6) is 11.5 Å². The highest BCUT2D eigenvalue weighted by Gasteiger charge is 2.70. The summed E-state index contributed by atoms with van der Waals surface area (Å²) in [4.78, 5) is 59.6. The molecule has 252 valence electrons. The highest BCUT2D eigenvalue weighted by Crippen LogP contribution is 2.64. The Morgan fingerprint density at radius 3 is 2.22 bits per heavy atom. The third-order valence-corrected chi connectivity index (χ3v) is 11.2. The van der Waals surface area contributed by atoms with Crippen LogP contribution in [0.4, 0.5) is 5.69 Å². The summed E-state index contributed by atoms with van der Waals surface area (Å²) >= 11 is 0. The van der Waals surface area contributed by atoms with E-state index in [0.29, 0.717) is 23.2 Å². The number of hydrogen-bond donors (Lipinski definition) is 2. The first-order valence-corrected chi connectivity index (χ1v) is 17.0. The molecular formula is C41H37N3O6. The molecule has 50 heavy (non-hydrogen) atoms. The third kappa shape index (κ3) is 4.67. The van der Waals surface area contributed by atoms with Gasteiger partial charge in [0.15, 0.2) is 11.5 Å². The highest BCUT2D eigenvalue weighted by atomic mass is 16.5. The lowest BCUT2D eigenvalue weighted by Gasteiger charge is -2.50. The summed E-state index contributed by atoms with van der Waals surface area (Å²) in [6, 6.07) is 31.3. The first kappa shape index (κ1) is 31.6. The molecule has 8 rings (SSSR count). The Bertz CT molecular complexity index is 2050. The van der Waals surface area contributed by atoms with Crippen LogP contribution in [0, 0.1) is 30.6 Å². The lowest BCUT2D eigenvalue weighted by Crippen LogP contribution is -2.53. The highest BCUT2D eigenvalue weighted by molar-refractivity contribution is 6.13. The lowest BCUT2D eigenvalue weighted by molar-refractivity contribution is -0.142. The van der Waals surface area contributed by atoms with Crippen LogP contribution in [0.25, 0.3) is 0 Å². The number of phenols is 1. The Morgan fingerprint density at radius 2 is 1.54 bits per heavy atom. The van der Waals surface area contributed by atoms with Crippen molar-refractivity contribution in [3.05, 3.63) is 137 Å². The molecule has 4 aliphatic rings. The van der Waals surface area contributed by atoms with E-state index < -0.39 is 46.8 Å². The van der Waals surface area contributed by atoms with Crippen molar-refractivity contribution in [3.63, 3.8) is 0 Å². The SMILES string of the molecule is COc1ccc([C@H]2C3=CC[C@@H]4C(=O)N(Cc5ccccc5)C(=O)[C@@H]4[C@@H]3C[C@H]3C(=O)N(Nc4ccc(C)cc4)C(=O)[C@@]23c2ccccc2)cc1O. The third-order valence-electron chi connectivity index (χ3n) is 11.2. The number of hydrogen-bond acceptors (Lipinski definition) is 7. The molecule has 9 heteroatoms. The summed E-state index contributed by atoms with van der Waals surface area (Å²) < 4.78 is 5.37. The number of aryl methyl sites for hydroxylation is 1. The van der Waals surface area contributed by atoms with Gasteiger partial charge in [0.05, 0.1) is 42.5 Å². The van der Waals surface area contributed by atoms with Gasteiger partial charge in [-0.1, -0.05) is 96.1 Å². The van der Waals surface area contributed by atoms with E-state index in [9.17, 15) is 19.5 Å². The maximum absolute atomic E-state index is 15.2. The molecule has 2 aliphatic carbocycles. The monoisotopic (exact) mass is 667 g/mol. The Hall–Kier alpha value is -5.70. The number of allylic oxidation sites excluding steroid dienone is 2. The number of nitrogens with zero attached hydrogens (tertiary/aromatic N) is 2. The number of benzene rings is 4. The van der Waals surface area contributed by atoms with E-state index >= 15 is 4.79 Å². The predicted molar refractivity (Wildman–Crippen MR) is 185 cm³/mol. The number of methoxy groups -OCH3 is 1. The molecule has 0 bridgehead atoms. The normalized spacial score (nSPS) is 27.1. The van der Waals surface area contributed by atoms with Gasteiger partial charge >= 0.3 is 0 Å². The van der Waals surface area contributed by atoms with E-state index in [-0.39, 0.29) is 36.3 Å². The lowest BCUT2D eigenvalue weighted by atomic mass is 9.49. The summed E-state index contributed by atoms with van der Waals surface area (Å²) in [5, 5.41) is 12.2. The fourth-order valence-electron chi connectivity index (χ4n) is 9.00. The van der Waals surface area contributed by atoms with Crippen LogP contribution in [0.3, 0.4) is 0 Å². The first-order chi connectivity index (χ1) is 24.2. The zero-order valence-corrected chi connectivity index (χ0v) is 27.8. The Morgan fingerprint density at radius 1 is 0.840 bits per heavy atom. The molecule has 2 aliphatic heterocycles. The zero-order valence-electron chi connectivity index (χ0n) is 27.8. The molecule has 0 spiro atoms. The van der Waals surface area contributed by atoms with Crippen LogP contribution in [0.15, 0.2) is 115 Å². The van der Waals surface area contributed by atoms with Gasteiger partial charge in [-0.15, -0.1) is 0 Å². The second-order valence-corrected chi connectivity index (χ2v) is 13.8. The van der Waals surface area contributed by atoms with Gasteiger partial charge in [-0.2, -0.15) is 5.01 Å². The molecular weight excluding hydrogens is 630 g/mol. The number of phenolic OH excluding ortho intramolecular Hbond substituents is 1. The van der Waals surface area contributed by atoms with Crippen molar-refractivity contribution in [2.75, 3.05) is 12.5 Å². The summed E-state index contributed by atoms with van der Waals surface area (Å²) in [6.07, 6.45) is 2.55. The quantitative estimate of drug-likeness (QED) is 0.186. The second-order valence-electron chi connectivity index (χ2n) is 13.8. The molecule has 3 fully saturated rings. The number of likely N-dealkylation sites (tertiary alicyclic amines) is 1. The summed E-state index contributed by atoms with van der Waals surface area (Å²) in [5.41, 5.74) is 6.28. The minimum atomic E-state index is -1.42. The Labute approximate surface area is 290 Å². The largest absolute Gasteiger partial charge is 0.504 e. The fraction of sp³-hybridized carbons (Fsp3) is 0.268. The van der Waals surface area contributed by atoms with E-state index in [0.717, 1.165) is 21.7 Å². The van der Waals surface area contributed by atoms with Crippen LogP contribution in [-0.2, 0) is 31.1 Å². The average Bonchev–Trinajstić information content (AvgIpc) is 3.50. The van der Waals surface area contributed by atoms with Crippen molar-refractivity contribution < 1.29 is 29.0 Å². The molecule has 2 N–H and O–H groups in total. The van der Waals surface area contributed by atoms with Gasteiger partial charge < -0.3 is 9.84 Å². The minimum Gasteiger partial charge on any atom is -0.504 e. The predicted octanol–water partition coefficient (Wildman–Crippen LogP) is 5.89. The standard InChI is InChI=1S/C41H37N3O6/c1-24-13-16-28(17-14-24)42-44-38(47)32-22-31-29(18-19-30-35(31)39(48)43(37(30)46)23-25-9-5-3-6-10-25)36(26-15-20-34(50-2)33(45)21-26)41(32,40(44)49)27-11-7-4-8-12-27/h3-18,20-21,30-32,35-36,42,45H,19,22-23H2,1-2H3/t30-,31+,32-,35-,36-,41+/m0/s1. The van der Waals surface area contributed by atoms with Crippen LogP contribution in [-0.4, -0.2) is 45.8 Å². The number of hydrazine groups is 1. The van der Waals surface area contributed by atoms with Gasteiger partial charge in [-0.25, -0.2) is 0 Å². The van der Waals surface area contributed by atoms with Crippen molar-refractivity contribution >= 4 is 29.3 Å². The summed E-state index contributed by atoms with van der Waals surface area (Å²) in [6.45, 7) is 2.13. The zero-order chi connectivity index (χ0) is 34.7. The van der Waals surface area contributed by atoms with Gasteiger partial charge in [0.25, 0.3) is 11.8 Å². The molecule has 1 saturated carbocycles. The smallest absolute Gasteiger partial charge is 0.260 e. The summed E-state index contributed by atoms with van der Waals surface area (Å²) in [7, 11) is 1.47. The fourth-order valence-corrected chi connectivity index (χ4v) is 9.00. The Balaban J connectivity index is 1.30. The molecule has 0 aromatic heterocycles. The molecule has 2 saturated heterocycles. The van der Waals surface area contributed by atoms with Crippen LogP contribution >= 0.6 is 0 Å². The number of rotatable bonds is 7. The van der Waals surface area contributed by atoms with Crippen molar-refractivity contribution in [2.45, 2.75) is 37.6 Å². The van der Waals surface area contributed by atoms with E-state index in [4.69, 9.17) is 4.74 Å². The maximum atomic E-state index is 15.2. The maximum Gasteiger partial charge on any atom is 0.260 e. The molecule has 4 aromatic rings. The number of amides is 4. The first-order valence-electron chi connectivity index (χ1n) is 17.0. The van der Waals surface area contributed by atoms with Crippen molar-refractivity contribution in [1.82, 2.24) is 9.91 Å².